The van der Waals surface area contributed by atoms with E-state index in [4.69, 9.17) is 0 Å². The minimum absolute atomic E-state index is 0.0293. The Morgan fingerprint density at radius 3 is 2.89 bits per heavy atom. The lowest BCUT2D eigenvalue weighted by atomic mass is 9.97. The van der Waals surface area contributed by atoms with Crippen LogP contribution < -0.4 is 0 Å². The predicted molar refractivity (Wildman–Crippen MR) is 71.3 cm³/mol. The monoisotopic (exact) mass is 245 g/mol. The van der Waals surface area contributed by atoms with Gasteiger partial charge in [-0.15, -0.1) is 6.58 Å². The Morgan fingerprint density at radius 2 is 2.28 bits per heavy atom. The molecule has 0 spiro atoms. The third-order valence-electron chi connectivity index (χ3n) is 3.31. The molecule has 0 aromatic heterocycles. The fraction of sp³-hybridized carbons (Fsp3) is 0.400. The molecule has 96 valence electrons. The molecule has 0 fully saturated rings. The maximum atomic E-state index is 12.2. The first kappa shape index (κ1) is 12.8. The van der Waals surface area contributed by atoms with Crippen LogP contribution in [0, 0.1) is 0 Å². The zero-order chi connectivity index (χ0) is 13.1. The Kier molecular flexibility index (Phi) is 3.82. The Hall–Kier alpha value is -1.61. The summed E-state index contributed by atoms with van der Waals surface area (Å²) in [5.41, 5.74) is 3.77. The maximum absolute atomic E-state index is 12.2. The number of aliphatic hydroxyl groups is 1. The minimum Gasteiger partial charge on any atom is -0.392 e. The number of aliphatic hydroxyl groups excluding tert-OH is 1. The Labute approximate surface area is 108 Å². The smallest absolute Gasteiger partial charge is 0.254 e. The summed E-state index contributed by atoms with van der Waals surface area (Å²) in [6.07, 6.45) is 3.54. The lowest BCUT2D eigenvalue weighted by molar-refractivity contribution is 0.0778. The molecule has 1 aromatic carbocycles. The molecule has 0 unspecified atom stereocenters. The Morgan fingerprint density at radius 1 is 1.50 bits per heavy atom. The lowest BCUT2D eigenvalue weighted by Crippen LogP contribution is -2.24. The topological polar surface area (TPSA) is 40.5 Å². The van der Waals surface area contributed by atoms with Gasteiger partial charge in [-0.05, 0) is 35.6 Å². The number of amides is 1. The summed E-state index contributed by atoms with van der Waals surface area (Å²) in [5, 5.41) is 9.27. The summed E-state index contributed by atoms with van der Waals surface area (Å²) in [7, 11) is 0. The van der Waals surface area contributed by atoms with E-state index in [1.807, 2.05) is 23.1 Å². The average molecular weight is 245 g/mol. The van der Waals surface area contributed by atoms with Crippen LogP contribution in [-0.4, -0.2) is 22.5 Å². The van der Waals surface area contributed by atoms with Crippen LogP contribution in [0.15, 0.2) is 24.8 Å². The number of nitrogens with zero attached hydrogens (tertiary/aromatic N) is 1. The van der Waals surface area contributed by atoms with Crippen LogP contribution in [0.3, 0.4) is 0 Å². The first-order valence-electron chi connectivity index (χ1n) is 6.37. The molecule has 1 aliphatic heterocycles. The molecular weight excluding hydrogens is 226 g/mol. The highest BCUT2D eigenvalue weighted by atomic mass is 16.3. The second-order valence-electron chi connectivity index (χ2n) is 4.66. The van der Waals surface area contributed by atoms with Gasteiger partial charge >= 0.3 is 0 Å². The van der Waals surface area contributed by atoms with Gasteiger partial charge in [0.1, 0.15) is 0 Å². The van der Waals surface area contributed by atoms with Crippen molar-refractivity contribution in [3.8, 4) is 0 Å². The molecule has 1 aliphatic rings. The highest BCUT2D eigenvalue weighted by molar-refractivity contribution is 5.99. The molecule has 1 heterocycles. The zero-order valence-electron chi connectivity index (χ0n) is 10.8. The minimum atomic E-state index is -0.0293. The summed E-state index contributed by atoms with van der Waals surface area (Å²) in [6, 6.07) is 3.79. The molecular formula is C15H19NO2. The van der Waals surface area contributed by atoms with Crippen LogP contribution in [0.5, 0.6) is 0 Å². The number of hydrogen-bond acceptors (Lipinski definition) is 2. The van der Waals surface area contributed by atoms with Gasteiger partial charge in [0.25, 0.3) is 5.91 Å². The van der Waals surface area contributed by atoms with E-state index in [-0.39, 0.29) is 12.5 Å². The van der Waals surface area contributed by atoms with Crippen molar-refractivity contribution < 1.29 is 9.90 Å². The van der Waals surface area contributed by atoms with Crippen molar-refractivity contribution in [3.63, 3.8) is 0 Å². The SMILES string of the molecule is C=CCc1cc(CO)cc2c1CN(CCC)C2=O. The number of carbonyl (C=O) groups excluding carboxylic acids is 1. The van der Waals surface area contributed by atoms with Gasteiger partial charge in [0.05, 0.1) is 6.61 Å². The molecule has 2 rings (SSSR count). The molecule has 0 atom stereocenters. The largest absolute Gasteiger partial charge is 0.392 e. The lowest BCUT2D eigenvalue weighted by Gasteiger charge is -2.13. The van der Waals surface area contributed by atoms with Gasteiger partial charge in [-0.25, -0.2) is 0 Å². The number of rotatable bonds is 5. The van der Waals surface area contributed by atoms with E-state index in [1.54, 1.807) is 0 Å². The van der Waals surface area contributed by atoms with Crippen LogP contribution in [0.4, 0.5) is 0 Å². The Balaban J connectivity index is 2.43. The van der Waals surface area contributed by atoms with E-state index in [0.717, 1.165) is 41.6 Å². The van der Waals surface area contributed by atoms with Crippen molar-refractivity contribution in [1.29, 1.82) is 0 Å². The summed E-state index contributed by atoms with van der Waals surface area (Å²) < 4.78 is 0. The van der Waals surface area contributed by atoms with E-state index < -0.39 is 0 Å². The number of benzene rings is 1. The van der Waals surface area contributed by atoms with Gasteiger partial charge in [-0.1, -0.05) is 19.1 Å². The summed E-state index contributed by atoms with van der Waals surface area (Å²) >= 11 is 0. The van der Waals surface area contributed by atoms with E-state index >= 15 is 0 Å². The average Bonchev–Trinajstić information content (AvgIpc) is 2.68. The van der Waals surface area contributed by atoms with Crippen molar-refractivity contribution in [2.45, 2.75) is 32.9 Å². The Bertz CT molecular complexity index is 480. The van der Waals surface area contributed by atoms with E-state index in [9.17, 15) is 9.90 Å². The second kappa shape index (κ2) is 5.36. The summed E-state index contributed by atoms with van der Waals surface area (Å²) in [4.78, 5) is 14.1. The molecule has 0 radical (unpaired) electrons. The molecule has 0 saturated carbocycles. The van der Waals surface area contributed by atoms with Crippen LogP contribution >= 0.6 is 0 Å². The quantitative estimate of drug-likeness (QED) is 0.808. The first-order chi connectivity index (χ1) is 8.71. The number of hydrogen-bond donors (Lipinski definition) is 1. The van der Waals surface area contributed by atoms with Crippen LogP contribution in [-0.2, 0) is 19.6 Å². The number of carbonyl (C=O) groups is 1. The van der Waals surface area contributed by atoms with Crippen LogP contribution in [0.1, 0.15) is 40.4 Å². The highest BCUT2D eigenvalue weighted by Gasteiger charge is 2.28. The normalized spacial score (nSPS) is 13.9. The fourth-order valence-corrected chi connectivity index (χ4v) is 2.49. The molecule has 18 heavy (non-hydrogen) atoms. The second-order valence-corrected chi connectivity index (χ2v) is 4.66. The summed E-state index contributed by atoms with van der Waals surface area (Å²) in [6.45, 7) is 7.27. The zero-order valence-corrected chi connectivity index (χ0v) is 10.8. The van der Waals surface area contributed by atoms with Crippen molar-refractivity contribution in [3.05, 3.63) is 47.0 Å². The standard InChI is InChI=1S/C15H19NO2/c1-3-5-12-7-11(10-17)8-13-14(12)9-16(6-4-2)15(13)18/h3,7-8,17H,1,4-6,9-10H2,2H3. The van der Waals surface area contributed by atoms with Gasteiger partial charge in [0.15, 0.2) is 0 Å². The molecule has 0 aliphatic carbocycles. The van der Waals surface area contributed by atoms with Crippen molar-refractivity contribution in [2.75, 3.05) is 6.54 Å². The van der Waals surface area contributed by atoms with Crippen LogP contribution in [0.25, 0.3) is 0 Å². The van der Waals surface area contributed by atoms with Gasteiger partial charge in [0.2, 0.25) is 0 Å². The molecule has 0 saturated heterocycles. The van der Waals surface area contributed by atoms with Crippen molar-refractivity contribution in [2.24, 2.45) is 0 Å². The molecule has 1 amide bonds. The molecule has 1 aromatic rings. The van der Waals surface area contributed by atoms with Gasteiger partial charge < -0.3 is 10.0 Å². The van der Waals surface area contributed by atoms with Gasteiger partial charge in [-0.3, -0.25) is 4.79 Å². The van der Waals surface area contributed by atoms with E-state index in [2.05, 4.69) is 13.5 Å². The molecule has 3 nitrogen and oxygen atoms in total. The summed E-state index contributed by atoms with van der Waals surface area (Å²) in [5.74, 6) is 0.0902. The van der Waals surface area contributed by atoms with Gasteiger partial charge in [0, 0.05) is 18.7 Å². The number of allylic oxidation sites excluding steroid dienone is 1. The highest BCUT2D eigenvalue weighted by Crippen LogP contribution is 2.28. The fourth-order valence-electron chi connectivity index (χ4n) is 2.49. The first-order valence-corrected chi connectivity index (χ1v) is 6.37. The van der Waals surface area contributed by atoms with E-state index in [1.165, 1.54) is 0 Å². The molecule has 0 bridgehead atoms. The molecule has 1 N–H and O–H groups in total. The third kappa shape index (κ3) is 2.18. The number of fused-ring (bicyclic) bond motifs is 1. The predicted octanol–water partition coefficient (Wildman–Crippen LogP) is 2.27. The third-order valence-corrected chi connectivity index (χ3v) is 3.31. The maximum Gasteiger partial charge on any atom is 0.254 e. The van der Waals surface area contributed by atoms with Crippen molar-refractivity contribution in [1.82, 2.24) is 4.90 Å². The van der Waals surface area contributed by atoms with Crippen LogP contribution in [0.2, 0.25) is 0 Å². The van der Waals surface area contributed by atoms with E-state index in [0.29, 0.717) is 6.54 Å². The van der Waals surface area contributed by atoms with Gasteiger partial charge in [-0.2, -0.15) is 0 Å². The van der Waals surface area contributed by atoms with Crippen molar-refractivity contribution >= 4 is 5.91 Å². The molecule has 3 heteroatoms.